The Kier molecular flexibility index (Phi) is 5.28. The van der Waals surface area contributed by atoms with Gasteiger partial charge >= 0.3 is 5.97 Å². The van der Waals surface area contributed by atoms with Crippen molar-refractivity contribution in [2.24, 2.45) is 11.8 Å². The van der Waals surface area contributed by atoms with Gasteiger partial charge in [0, 0.05) is 30.1 Å². The minimum absolute atomic E-state index is 0.0170. The molecule has 25 heavy (non-hydrogen) atoms. The molecule has 0 spiro atoms. The summed E-state index contributed by atoms with van der Waals surface area (Å²) in [7, 11) is 1.59. The predicted octanol–water partition coefficient (Wildman–Crippen LogP) is 2.52. The highest BCUT2D eigenvalue weighted by Crippen LogP contribution is 2.27. The molecule has 3 rings (SSSR count). The molecule has 132 valence electrons. The van der Waals surface area contributed by atoms with Crippen molar-refractivity contribution < 1.29 is 19.4 Å². The van der Waals surface area contributed by atoms with Gasteiger partial charge in [-0.15, -0.1) is 0 Å². The Labute approximate surface area is 146 Å². The number of methoxy groups -OCH3 is 1. The number of carboxylic acid groups (broad SMARTS) is 1. The molecule has 1 saturated heterocycles. The average molecular weight is 342 g/mol. The molecule has 0 aliphatic carbocycles. The van der Waals surface area contributed by atoms with Gasteiger partial charge in [-0.2, -0.15) is 0 Å². The number of pyridine rings is 1. The quantitative estimate of drug-likeness (QED) is 0.784. The summed E-state index contributed by atoms with van der Waals surface area (Å²) >= 11 is 0. The highest BCUT2D eigenvalue weighted by Gasteiger charge is 2.30. The first-order chi connectivity index (χ1) is 12.1. The lowest BCUT2D eigenvalue weighted by molar-refractivity contribution is -0.144. The Morgan fingerprint density at radius 3 is 2.96 bits per heavy atom. The number of fused-ring (bicyclic) bond motifs is 1. The van der Waals surface area contributed by atoms with Gasteiger partial charge < -0.3 is 15.2 Å². The number of aliphatic carboxylic acids is 1. The number of ether oxygens (including phenoxy) is 1. The van der Waals surface area contributed by atoms with Gasteiger partial charge in [0.15, 0.2) is 5.78 Å². The van der Waals surface area contributed by atoms with Gasteiger partial charge in [0.2, 0.25) is 0 Å². The molecule has 0 bridgehead atoms. The lowest BCUT2D eigenvalue weighted by atomic mass is 9.82. The topological polar surface area (TPSA) is 88.5 Å². The molecule has 1 aromatic carbocycles. The van der Waals surface area contributed by atoms with Gasteiger partial charge in [0.05, 0.1) is 18.5 Å². The summed E-state index contributed by atoms with van der Waals surface area (Å²) in [6.45, 7) is 1.28. The fraction of sp³-hybridized carbons (Fsp3) is 0.421. The number of carbonyl (C=O) groups excluding carboxylic acids is 1. The largest absolute Gasteiger partial charge is 0.497 e. The first-order valence-electron chi connectivity index (χ1n) is 8.49. The summed E-state index contributed by atoms with van der Waals surface area (Å²) < 4.78 is 5.24. The zero-order chi connectivity index (χ0) is 17.8. The Morgan fingerprint density at radius 2 is 2.20 bits per heavy atom. The molecule has 2 aromatic rings. The molecule has 2 N–H and O–H groups in total. The number of aromatic nitrogens is 1. The number of benzene rings is 1. The van der Waals surface area contributed by atoms with E-state index in [0.717, 1.165) is 23.9 Å². The molecule has 1 fully saturated rings. The first-order valence-corrected chi connectivity index (χ1v) is 8.49. The van der Waals surface area contributed by atoms with Crippen LogP contribution in [0.4, 0.5) is 0 Å². The molecule has 6 nitrogen and oxygen atoms in total. The zero-order valence-corrected chi connectivity index (χ0v) is 14.2. The van der Waals surface area contributed by atoms with E-state index in [1.807, 2.05) is 18.2 Å². The molecule has 1 aliphatic rings. The standard InChI is InChI=1S/C19H22N2O4/c1-25-13-3-4-17-15(10-13)14(7-9-21-17)18(22)5-2-12-6-8-20-11-16(12)19(23)24/h3-4,7,9-10,12,16,20H,2,5-6,8,11H2,1H3,(H,23,24)/t12-,16+/m1/s1. The highest BCUT2D eigenvalue weighted by molar-refractivity contribution is 6.07. The van der Waals surface area contributed by atoms with Gasteiger partial charge in [-0.05, 0) is 49.6 Å². The van der Waals surface area contributed by atoms with Gasteiger partial charge in [-0.25, -0.2) is 0 Å². The van der Waals surface area contributed by atoms with Gasteiger partial charge in [0.25, 0.3) is 0 Å². The van der Waals surface area contributed by atoms with E-state index < -0.39 is 11.9 Å². The second-order valence-corrected chi connectivity index (χ2v) is 6.40. The summed E-state index contributed by atoms with van der Waals surface area (Å²) in [4.78, 5) is 28.4. The molecule has 1 aliphatic heterocycles. The van der Waals surface area contributed by atoms with E-state index in [9.17, 15) is 14.7 Å². The number of nitrogens with zero attached hydrogens (tertiary/aromatic N) is 1. The summed E-state index contributed by atoms with van der Waals surface area (Å²) in [6, 6.07) is 7.19. The van der Waals surface area contributed by atoms with E-state index in [2.05, 4.69) is 10.3 Å². The van der Waals surface area contributed by atoms with E-state index in [0.29, 0.717) is 30.7 Å². The molecule has 0 amide bonds. The summed E-state index contributed by atoms with van der Waals surface area (Å²) in [5.74, 6) is -0.480. The fourth-order valence-electron chi connectivity index (χ4n) is 3.49. The maximum Gasteiger partial charge on any atom is 0.308 e. The van der Waals surface area contributed by atoms with E-state index in [-0.39, 0.29) is 11.7 Å². The van der Waals surface area contributed by atoms with Crippen LogP contribution in [0.1, 0.15) is 29.6 Å². The van der Waals surface area contributed by atoms with E-state index >= 15 is 0 Å². The third-order valence-electron chi connectivity index (χ3n) is 4.93. The molecule has 6 heteroatoms. The van der Waals surface area contributed by atoms with Gasteiger partial charge in [0.1, 0.15) is 5.75 Å². The number of carboxylic acids is 1. The Balaban J connectivity index is 1.77. The number of hydrogen-bond acceptors (Lipinski definition) is 5. The SMILES string of the molecule is COc1ccc2nccc(C(=O)CC[C@@H]3CCNC[C@@H]3C(=O)O)c2c1. The number of nitrogens with one attached hydrogen (secondary N) is 1. The van der Waals surface area contributed by atoms with Crippen molar-refractivity contribution in [2.45, 2.75) is 19.3 Å². The van der Waals surface area contributed by atoms with Crippen molar-refractivity contribution in [2.75, 3.05) is 20.2 Å². The van der Waals surface area contributed by atoms with Crippen LogP contribution in [0.15, 0.2) is 30.5 Å². The second-order valence-electron chi connectivity index (χ2n) is 6.40. The number of Topliss-reactive ketones (excluding diaryl/α,β-unsaturated/α-hetero) is 1. The second kappa shape index (κ2) is 7.61. The highest BCUT2D eigenvalue weighted by atomic mass is 16.5. The molecule has 1 aromatic heterocycles. The average Bonchev–Trinajstić information content (AvgIpc) is 2.65. The monoisotopic (exact) mass is 342 g/mol. The number of rotatable bonds is 6. The van der Waals surface area contributed by atoms with Gasteiger partial charge in [-0.3, -0.25) is 14.6 Å². The van der Waals surface area contributed by atoms with E-state index in [1.54, 1.807) is 19.4 Å². The molecule has 2 atom stereocenters. The van der Waals surface area contributed by atoms with Crippen molar-refractivity contribution in [1.82, 2.24) is 10.3 Å². The summed E-state index contributed by atoms with van der Waals surface area (Å²) in [5, 5.41) is 13.2. The number of ketones is 1. The first kappa shape index (κ1) is 17.4. The Morgan fingerprint density at radius 1 is 1.36 bits per heavy atom. The van der Waals surface area contributed by atoms with Crippen LogP contribution < -0.4 is 10.1 Å². The van der Waals surface area contributed by atoms with Crippen molar-refractivity contribution in [1.29, 1.82) is 0 Å². The van der Waals surface area contributed by atoms with Crippen molar-refractivity contribution in [3.63, 3.8) is 0 Å². The van der Waals surface area contributed by atoms with Gasteiger partial charge in [-0.1, -0.05) is 0 Å². The van der Waals surface area contributed by atoms with Crippen LogP contribution in [0, 0.1) is 11.8 Å². The lowest BCUT2D eigenvalue weighted by Gasteiger charge is -2.29. The van der Waals surface area contributed by atoms with Crippen LogP contribution in [-0.4, -0.2) is 42.0 Å². The normalized spacial score (nSPS) is 20.4. The Hall–Kier alpha value is -2.47. The predicted molar refractivity (Wildman–Crippen MR) is 94.0 cm³/mol. The summed E-state index contributed by atoms with van der Waals surface area (Å²) in [5.41, 5.74) is 1.36. The molecular formula is C19H22N2O4. The van der Waals surface area contributed by atoms with Crippen molar-refractivity contribution >= 4 is 22.7 Å². The van der Waals surface area contributed by atoms with Crippen LogP contribution >= 0.6 is 0 Å². The minimum atomic E-state index is -0.788. The van der Waals surface area contributed by atoms with E-state index in [1.165, 1.54) is 0 Å². The van der Waals surface area contributed by atoms with Crippen LogP contribution in [-0.2, 0) is 4.79 Å². The third-order valence-corrected chi connectivity index (χ3v) is 4.93. The van der Waals surface area contributed by atoms with Crippen molar-refractivity contribution in [3.05, 3.63) is 36.0 Å². The fourth-order valence-corrected chi connectivity index (χ4v) is 3.49. The molecule has 0 saturated carbocycles. The van der Waals surface area contributed by atoms with E-state index in [4.69, 9.17) is 4.74 Å². The zero-order valence-electron chi connectivity index (χ0n) is 14.2. The smallest absolute Gasteiger partial charge is 0.308 e. The maximum atomic E-state index is 12.7. The van der Waals surface area contributed by atoms with Crippen LogP contribution in [0.5, 0.6) is 5.75 Å². The van der Waals surface area contributed by atoms with Crippen LogP contribution in [0.25, 0.3) is 10.9 Å². The molecular weight excluding hydrogens is 320 g/mol. The number of hydrogen-bond donors (Lipinski definition) is 2. The number of carbonyl (C=O) groups is 2. The van der Waals surface area contributed by atoms with Crippen molar-refractivity contribution in [3.8, 4) is 5.75 Å². The maximum absolute atomic E-state index is 12.7. The summed E-state index contributed by atoms with van der Waals surface area (Å²) in [6.07, 6.45) is 3.35. The Bertz CT molecular complexity index is 790. The third kappa shape index (κ3) is 3.79. The van der Waals surface area contributed by atoms with Crippen LogP contribution in [0.3, 0.4) is 0 Å². The molecule has 0 unspecified atom stereocenters. The van der Waals surface area contributed by atoms with Crippen LogP contribution in [0.2, 0.25) is 0 Å². The number of piperidine rings is 1. The molecule has 2 heterocycles. The molecule has 0 radical (unpaired) electrons. The minimum Gasteiger partial charge on any atom is -0.497 e. The lowest BCUT2D eigenvalue weighted by Crippen LogP contribution is -2.41.